The summed E-state index contributed by atoms with van der Waals surface area (Å²) >= 11 is 0. The summed E-state index contributed by atoms with van der Waals surface area (Å²) in [5.74, 6) is 1.54. The van der Waals surface area contributed by atoms with E-state index in [0.29, 0.717) is 6.42 Å². The quantitative estimate of drug-likeness (QED) is 0.722. The smallest absolute Gasteiger partial charge is 0.122 e. The SMILES string of the molecule is CCCCC[C@H](O)Cc1cc(OC)cc(OC)c1. The van der Waals surface area contributed by atoms with Crippen LogP contribution in [0.2, 0.25) is 0 Å². The molecule has 0 amide bonds. The Hall–Kier alpha value is -1.22. The summed E-state index contributed by atoms with van der Waals surface area (Å²) in [7, 11) is 3.27. The van der Waals surface area contributed by atoms with Gasteiger partial charge >= 0.3 is 0 Å². The van der Waals surface area contributed by atoms with E-state index in [4.69, 9.17) is 9.47 Å². The molecule has 0 bridgehead atoms. The lowest BCUT2D eigenvalue weighted by atomic mass is 10.0. The number of methoxy groups -OCH3 is 2. The van der Waals surface area contributed by atoms with E-state index in [2.05, 4.69) is 6.92 Å². The highest BCUT2D eigenvalue weighted by molar-refractivity contribution is 5.38. The zero-order valence-corrected chi connectivity index (χ0v) is 11.6. The predicted molar refractivity (Wildman–Crippen MR) is 73.4 cm³/mol. The molecule has 0 saturated carbocycles. The number of hydrogen-bond acceptors (Lipinski definition) is 3. The molecular weight excluding hydrogens is 228 g/mol. The second-order valence-corrected chi connectivity index (χ2v) is 4.57. The first kappa shape index (κ1) is 14.8. The standard InChI is InChI=1S/C15H24O3/c1-4-5-6-7-13(16)8-12-9-14(17-2)11-15(10-12)18-3/h9-11,13,16H,4-8H2,1-3H3/t13-/m0/s1. The Morgan fingerprint density at radius 1 is 1.06 bits per heavy atom. The summed E-state index contributed by atoms with van der Waals surface area (Å²) in [6.07, 6.45) is 4.66. The first-order valence-electron chi connectivity index (χ1n) is 6.59. The summed E-state index contributed by atoms with van der Waals surface area (Å²) in [4.78, 5) is 0. The lowest BCUT2D eigenvalue weighted by molar-refractivity contribution is 0.161. The van der Waals surface area contributed by atoms with Gasteiger partial charge in [-0.05, 0) is 30.5 Å². The van der Waals surface area contributed by atoms with Crippen LogP contribution in [0.3, 0.4) is 0 Å². The van der Waals surface area contributed by atoms with Gasteiger partial charge < -0.3 is 14.6 Å². The maximum Gasteiger partial charge on any atom is 0.122 e. The van der Waals surface area contributed by atoms with E-state index in [0.717, 1.165) is 29.9 Å². The number of hydrogen-bond donors (Lipinski definition) is 1. The van der Waals surface area contributed by atoms with Gasteiger partial charge in [0, 0.05) is 6.07 Å². The number of rotatable bonds is 8. The maximum absolute atomic E-state index is 9.97. The van der Waals surface area contributed by atoms with Crippen molar-refractivity contribution in [3.05, 3.63) is 23.8 Å². The summed E-state index contributed by atoms with van der Waals surface area (Å²) in [6.45, 7) is 2.17. The van der Waals surface area contributed by atoms with Crippen molar-refractivity contribution in [1.29, 1.82) is 0 Å². The minimum absolute atomic E-state index is 0.284. The van der Waals surface area contributed by atoms with Crippen LogP contribution in [0.4, 0.5) is 0 Å². The van der Waals surface area contributed by atoms with Crippen LogP contribution in [0, 0.1) is 0 Å². The Morgan fingerprint density at radius 2 is 1.67 bits per heavy atom. The number of ether oxygens (including phenoxy) is 2. The number of unbranched alkanes of at least 4 members (excludes halogenated alkanes) is 2. The zero-order valence-electron chi connectivity index (χ0n) is 11.6. The van der Waals surface area contributed by atoms with Crippen molar-refractivity contribution in [2.75, 3.05) is 14.2 Å². The molecule has 3 nitrogen and oxygen atoms in total. The van der Waals surface area contributed by atoms with Gasteiger partial charge in [-0.25, -0.2) is 0 Å². The topological polar surface area (TPSA) is 38.7 Å². The van der Waals surface area contributed by atoms with E-state index in [-0.39, 0.29) is 6.10 Å². The zero-order chi connectivity index (χ0) is 13.4. The lowest BCUT2D eigenvalue weighted by Gasteiger charge is -2.12. The molecule has 1 aromatic carbocycles. The molecule has 3 heteroatoms. The lowest BCUT2D eigenvalue weighted by Crippen LogP contribution is -2.10. The molecule has 1 atom stereocenters. The molecular formula is C15H24O3. The Kier molecular flexibility index (Phi) is 6.58. The van der Waals surface area contributed by atoms with Crippen molar-refractivity contribution >= 4 is 0 Å². The normalized spacial score (nSPS) is 12.2. The summed E-state index contributed by atoms with van der Waals surface area (Å²) < 4.78 is 10.4. The monoisotopic (exact) mass is 252 g/mol. The molecule has 0 heterocycles. The fraction of sp³-hybridized carbons (Fsp3) is 0.600. The highest BCUT2D eigenvalue weighted by Crippen LogP contribution is 2.23. The molecule has 102 valence electrons. The van der Waals surface area contributed by atoms with Crippen molar-refractivity contribution in [2.45, 2.75) is 45.1 Å². The fourth-order valence-electron chi connectivity index (χ4n) is 1.99. The largest absolute Gasteiger partial charge is 0.497 e. The molecule has 0 aliphatic heterocycles. The van der Waals surface area contributed by atoms with Crippen molar-refractivity contribution in [3.8, 4) is 11.5 Å². The van der Waals surface area contributed by atoms with Crippen molar-refractivity contribution in [3.63, 3.8) is 0 Å². The van der Waals surface area contributed by atoms with E-state index >= 15 is 0 Å². The van der Waals surface area contributed by atoms with Crippen LogP contribution >= 0.6 is 0 Å². The molecule has 0 spiro atoms. The Balaban J connectivity index is 2.59. The first-order valence-corrected chi connectivity index (χ1v) is 6.59. The second-order valence-electron chi connectivity index (χ2n) is 4.57. The van der Waals surface area contributed by atoms with Gasteiger partial charge in [-0.15, -0.1) is 0 Å². The van der Waals surface area contributed by atoms with Gasteiger partial charge in [0.05, 0.1) is 20.3 Å². The summed E-state index contributed by atoms with van der Waals surface area (Å²) in [6, 6.07) is 5.74. The third-order valence-electron chi connectivity index (χ3n) is 3.02. The number of aliphatic hydroxyl groups is 1. The van der Waals surface area contributed by atoms with Gasteiger partial charge in [0.15, 0.2) is 0 Å². The fourth-order valence-corrected chi connectivity index (χ4v) is 1.99. The predicted octanol–water partition coefficient (Wildman–Crippen LogP) is 3.19. The molecule has 18 heavy (non-hydrogen) atoms. The Bertz CT molecular complexity index is 327. The molecule has 0 aromatic heterocycles. The molecule has 0 unspecified atom stereocenters. The van der Waals surface area contributed by atoms with Gasteiger partial charge in [0.1, 0.15) is 11.5 Å². The van der Waals surface area contributed by atoms with Crippen LogP contribution in [0.1, 0.15) is 38.2 Å². The number of benzene rings is 1. The van der Waals surface area contributed by atoms with Crippen LogP contribution < -0.4 is 9.47 Å². The van der Waals surface area contributed by atoms with Crippen molar-refractivity contribution in [2.24, 2.45) is 0 Å². The Morgan fingerprint density at radius 3 is 2.17 bits per heavy atom. The molecule has 0 radical (unpaired) electrons. The first-order chi connectivity index (χ1) is 8.69. The molecule has 0 aliphatic carbocycles. The van der Waals surface area contributed by atoms with Crippen LogP contribution in [0.15, 0.2) is 18.2 Å². The van der Waals surface area contributed by atoms with Crippen molar-refractivity contribution < 1.29 is 14.6 Å². The van der Waals surface area contributed by atoms with Crippen LogP contribution in [0.25, 0.3) is 0 Å². The van der Waals surface area contributed by atoms with Gasteiger partial charge in [0.2, 0.25) is 0 Å². The van der Waals surface area contributed by atoms with Gasteiger partial charge in [-0.1, -0.05) is 26.2 Å². The van der Waals surface area contributed by atoms with E-state index < -0.39 is 0 Å². The average molecular weight is 252 g/mol. The average Bonchev–Trinajstić information content (AvgIpc) is 2.38. The summed E-state index contributed by atoms with van der Waals surface area (Å²) in [5, 5.41) is 9.97. The molecule has 1 N–H and O–H groups in total. The molecule has 1 aromatic rings. The van der Waals surface area contributed by atoms with E-state index in [9.17, 15) is 5.11 Å². The van der Waals surface area contributed by atoms with Crippen LogP contribution in [-0.2, 0) is 6.42 Å². The van der Waals surface area contributed by atoms with E-state index in [1.807, 2.05) is 18.2 Å². The van der Waals surface area contributed by atoms with Gasteiger partial charge in [-0.2, -0.15) is 0 Å². The minimum atomic E-state index is -0.284. The molecule has 0 aliphatic rings. The Labute approximate surface area is 110 Å². The van der Waals surface area contributed by atoms with E-state index in [1.165, 1.54) is 12.8 Å². The highest BCUT2D eigenvalue weighted by Gasteiger charge is 2.08. The van der Waals surface area contributed by atoms with Gasteiger partial charge in [-0.3, -0.25) is 0 Å². The molecule has 0 fully saturated rings. The molecule has 1 rings (SSSR count). The second kappa shape index (κ2) is 7.98. The summed E-state index contributed by atoms with van der Waals surface area (Å²) in [5.41, 5.74) is 1.05. The maximum atomic E-state index is 9.97. The highest BCUT2D eigenvalue weighted by atomic mass is 16.5. The minimum Gasteiger partial charge on any atom is -0.497 e. The third-order valence-corrected chi connectivity index (χ3v) is 3.02. The van der Waals surface area contributed by atoms with Crippen LogP contribution in [-0.4, -0.2) is 25.4 Å². The van der Waals surface area contributed by atoms with Crippen LogP contribution in [0.5, 0.6) is 11.5 Å². The third kappa shape index (κ3) is 4.96. The van der Waals surface area contributed by atoms with Gasteiger partial charge in [0.25, 0.3) is 0 Å². The number of aliphatic hydroxyl groups excluding tert-OH is 1. The molecule has 0 saturated heterocycles. The van der Waals surface area contributed by atoms with Crippen molar-refractivity contribution in [1.82, 2.24) is 0 Å². The van der Waals surface area contributed by atoms with E-state index in [1.54, 1.807) is 14.2 Å².